The molecular formula is C13H15F3N2O2. The Hall–Kier alpha value is -1.76. The molecule has 1 heterocycles. The Morgan fingerprint density at radius 1 is 1.35 bits per heavy atom. The number of nitrogens with one attached hydrogen (secondary N) is 2. The lowest BCUT2D eigenvalue weighted by Gasteiger charge is -2.22. The molecule has 0 unspecified atom stereocenters. The molecule has 0 radical (unpaired) electrons. The first kappa shape index (κ1) is 14.6. The van der Waals surface area contributed by atoms with Gasteiger partial charge < -0.3 is 15.4 Å². The molecule has 4 nitrogen and oxygen atoms in total. The number of amides is 1. The first-order valence-electron chi connectivity index (χ1n) is 6.32. The maximum atomic E-state index is 12.3. The quantitative estimate of drug-likeness (QED) is 0.898. The van der Waals surface area contributed by atoms with Crippen LogP contribution in [-0.4, -0.2) is 25.4 Å². The highest BCUT2D eigenvalue weighted by Gasteiger charge is 2.32. The van der Waals surface area contributed by atoms with Crippen molar-refractivity contribution >= 4 is 11.6 Å². The van der Waals surface area contributed by atoms with Gasteiger partial charge in [0.2, 0.25) is 5.91 Å². The fourth-order valence-electron chi connectivity index (χ4n) is 2.09. The molecule has 1 amide bonds. The lowest BCUT2D eigenvalue weighted by atomic mass is 9.99. The molecule has 1 aromatic carbocycles. The number of hydrogen-bond donors (Lipinski definition) is 2. The molecule has 7 heteroatoms. The van der Waals surface area contributed by atoms with E-state index in [1.807, 2.05) is 0 Å². The fourth-order valence-corrected chi connectivity index (χ4v) is 2.09. The summed E-state index contributed by atoms with van der Waals surface area (Å²) in [6, 6.07) is 5.51. The maximum absolute atomic E-state index is 12.3. The van der Waals surface area contributed by atoms with Crippen LogP contribution < -0.4 is 15.4 Å². The topological polar surface area (TPSA) is 50.4 Å². The zero-order valence-corrected chi connectivity index (χ0v) is 10.7. The molecule has 1 fully saturated rings. The van der Waals surface area contributed by atoms with Crippen molar-refractivity contribution in [3.63, 3.8) is 0 Å². The Morgan fingerprint density at radius 2 is 2.10 bits per heavy atom. The average Bonchev–Trinajstić information content (AvgIpc) is 2.40. The Bertz CT molecular complexity index is 471. The summed E-state index contributed by atoms with van der Waals surface area (Å²) in [4.78, 5) is 12.0. The van der Waals surface area contributed by atoms with E-state index >= 15 is 0 Å². The van der Waals surface area contributed by atoms with E-state index < -0.39 is 12.1 Å². The molecule has 1 aliphatic heterocycles. The largest absolute Gasteiger partial charge is 0.573 e. The number of anilines is 1. The number of carbonyl (C=O) groups is 1. The van der Waals surface area contributed by atoms with Crippen molar-refractivity contribution in [3.8, 4) is 5.75 Å². The third kappa shape index (κ3) is 4.12. The summed E-state index contributed by atoms with van der Waals surface area (Å²) in [6.45, 7) is 1.39. The predicted molar refractivity (Wildman–Crippen MR) is 67.3 cm³/mol. The van der Waals surface area contributed by atoms with Gasteiger partial charge in [0.15, 0.2) is 5.75 Å². The lowest BCUT2D eigenvalue weighted by Crippen LogP contribution is -2.37. The van der Waals surface area contributed by atoms with Gasteiger partial charge in [-0.25, -0.2) is 0 Å². The van der Waals surface area contributed by atoms with Gasteiger partial charge in [-0.3, -0.25) is 4.79 Å². The molecule has 0 saturated carbocycles. The summed E-state index contributed by atoms with van der Waals surface area (Å²) in [7, 11) is 0. The monoisotopic (exact) mass is 288 g/mol. The molecule has 0 aromatic heterocycles. The summed E-state index contributed by atoms with van der Waals surface area (Å²) in [5.41, 5.74) is 0.0281. The van der Waals surface area contributed by atoms with E-state index in [1.54, 1.807) is 0 Å². The second-order valence-corrected chi connectivity index (χ2v) is 4.58. The number of carbonyl (C=O) groups excluding carboxylic acids is 1. The van der Waals surface area contributed by atoms with Crippen LogP contribution in [0.1, 0.15) is 12.8 Å². The van der Waals surface area contributed by atoms with E-state index in [0.717, 1.165) is 19.4 Å². The van der Waals surface area contributed by atoms with Gasteiger partial charge in [-0.1, -0.05) is 12.1 Å². The highest BCUT2D eigenvalue weighted by Crippen LogP contribution is 2.30. The Labute approximate surface area is 114 Å². The van der Waals surface area contributed by atoms with E-state index in [1.165, 1.54) is 24.3 Å². The lowest BCUT2D eigenvalue weighted by molar-refractivity contribution is -0.274. The number of halogens is 3. The van der Waals surface area contributed by atoms with E-state index in [9.17, 15) is 18.0 Å². The van der Waals surface area contributed by atoms with Crippen LogP contribution >= 0.6 is 0 Å². The number of para-hydroxylation sites is 2. The molecule has 0 aliphatic carbocycles. The van der Waals surface area contributed by atoms with Crippen LogP contribution in [0, 0.1) is 5.92 Å². The molecule has 1 atom stereocenters. The first-order chi connectivity index (χ1) is 9.46. The van der Waals surface area contributed by atoms with Crippen molar-refractivity contribution in [1.29, 1.82) is 0 Å². The highest BCUT2D eigenvalue weighted by molar-refractivity contribution is 5.94. The van der Waals surface area contributed by atoms with Crippen molar-refractivity contribution < 1.29 is 22.7 Å². The van der Waals surface area contributed by atoms with Crippen LogP contribution in [0.25, 0.3) is 0 Å². The van der Waals surface area contributed by atoms with Gasteiger partial charge in [0.1, 0.15) is 0 Å². The number of hydrogen-bond acceptors (Lipinski definition) is 3. The SMILES string of the molecule is O=C(Nc1ccccc1OC(F)(F)F)[C@@H]1CCCNC1. The first-order valence-corrected chi connectivity index (χ1v) is 6.32. The smallest absolute Gasteiger partial charge is 0.404 e. The zero-order valence-electron chi connectivity index (χ0n) is 10.7. The molecule has 0 spiro atoms. The molecule has 2 N–H and O–H groups in total. The van der Waals surface area contributed by atoms with Crippen LogP contribution in [0.15, 0.2) is 24.3 Å². The van der Waals surface area contributed by atoms with Gasteiger partial charge in [-0.2, -0.15) is 0 Å². The van der Waals surface area contributed by atoms with Gasteiger partial charge in [0.05, 0.1) is 11.6 Å². The Balaban J connectivity index is 2.06. The molecular weight excluding hydrogens is 273 g/mol. The second-order valence-electron chi connectivity index (χ2n) is 4.58. The molecule has 0 bridgehead atoms. The van der Waals surface area contributed by atoms with E-state index in [-0.39, 0.29) is 17.5 Å². The van der Waals surface area contributed by atoms with Gasteiger partial charge >= 0.3 is 6.36 Å². The Morgan fingerprint density at radius 3 is 2.75 bits per heavy atom. The molecule has 2 rings (SSSR count). The van der Waals surface area contributed by atoms with Crippen molar-refractivity contribution in [2.75, 3.05) is 18.4 Å². The number of ether oxygens (including phenoxy) is 1. The summed E-state index contributed by atoms with van der Waals surface area (Å²) in [6.07, 6.45) is -3.19. The minimum atomic E-state index is -4.78. The third-order valence-electron chi connectivity index (χ3n) is 3.04. The number of benzene rings is 1. The minimum Gasteiger partial charge on any atom is -0.404 e. The molecule has 1 saturated heterocycles. The molecule has 1 aromatic rings. The van der Waals surface area contributed by atoms with Gasteiger partial charge in [0.25, 0.3) is 0 Å². The van der Waals surface area contributed by atoms with Gasteiger partial charge in [-0.15, -0.1) is 13.2 Å². The van der Waals surface area contributed by atoms with Crippen molar-refractivity contribution in [2.24, 2.45) is 5.92 Å². The number of piperidine rings is 1. The van der Waals surface area contributed by atoms with Crippen molar-refractivity contribution in [2.45, 2.75) is 19.2 Å². The third-order valence-corrected chi connectivity index (χ3v) is 3.04. The van der Waals surface area contributed by atoms with E-state index in [2.05, 4.69) is 15.4 Å². The van der Waals surface area contributed by atoms with Gasteiger partial charge in [0, 0.05) is 6.54 Å². The van der Waals surface area contributed by atoms with Crippen LogP contribution in [0.2, 0.25) is 0 Å². The highest BCUT2D eigenvalue weighted by atomic mass is 19.4. The number of rotatable bonds is 3. The summed E-state index contributed by atoms with van der Waals surface area (Å²) in [5.74, 6) is -0.935. The van der Waals surface area contributed by atoms with E-state index in [4.69, 9.17) is 0 Å². The zero-order chi connectivity index (χ0) is 14.6. The molecule has 110 valence electrons. The normalized spacial score (nSPS) is 19.4. The van der Waals surface area contributed by atoms with Gasteiger partial charge in [-0.05, 0) is 31.5 Å². The summed E-state index contributed by atoms with van der Waals surface area (Å²) >= 11 is 0. The predicted octanol–water partition coefficient (Wildman–Crippen LogP) is 2.52. The second kappa shape index (κ2) is 6.13. The maximum Gasteiger partial charge on any atom is 0.573 e. The van der Waals surface area contributed by atoms with Crippen LogP contribution in [0.4, 0.5) is 18.9 Å². The molecule has 1 aliphatic rings. The van der Waals surface area contributed by atoms with Crippen molar-refractivity contribution in [1.82, 2.24) is 5.32 Å². The van der Waals surface area contributed by atoms with E-state index in [0.29, 0.717) is 6.54 Å². The standard InChI is InChI=1S/C13H15F3N2O2/c14-13(15,16)20-11-6-2-1-5-10(11)18-12(19)9-4-3-7-17-8-9/h1-2,5-6,9,17H,3-4,7-8H2,(H,18,19)/t9-/m1/s1. The molecule has 20 heavy (non-hydrogen) atoms. The van der Waals surface area contributed by atoms with Crippen molar-refractivity contribution in [3.05, 3.63) is 24.3 Å². The van der Waals surface area contributed by atoms with Crippen LogP contribution in [-0.2, 0) is 4.79 Å². The van der Waals surface area contributed by atoms with Crippen LogP contribution in [0.3, 0.4) is 0 Å². The summed E-state index contributed by atoms with van der Waals surface area (Å²) in [5, 5.41) is 5.58. The minimum absolute atomic E-state index is 0.0281. The summed E-state index contributed by atoms with van der Waals surface area (Å²) < 4.78 is 40.7. The number of alkyl halides is 3. The Kier molecular flexibility index (Phi) is 4.49. The fraction of sp³-hybridized carbons (Fsp3) is 0.462. The van der Waals surface area contributed by atoms with Crippen LogP contribution in [0.5, 0.6) is 5.75 Å². The average molecular weight is 288 g/mol.